The van der Waals surface area contributed by atoms with Crippen molar-refractivity contribution < 1.29 is 121 Å². The van der Waals surface area contributed by atoms with Crippen molar-refractivity contribution in [2.45, 2.75) is 0 Å². The molecule has 0 unspecified atom stereocenters. The Morgan fingerprint density at radius 3 is 1.25 bits per heavy atom. The van der Waals surface area contributed by atoms with Gasteiger partial charge in [0.25, 0.3) is 0 Å². The third-order valence-electron chi connectivity index (χ3n) is 0. The van der Waals surface area contributed by atoms with Crippen LogP contribution in [0.15, 0.2) is 0 Å². The van der Waals surface area contributed by atoms with Crippen LogP contribution in [0.3, 0.4) is 0 Å². The SMILES string of the molecule is [Ce].[F][Er].[Pr]. The van der Waals surface area contributed by atoms with Gasteiger partial charge < -0.3 is 0 Å². The van der Waals surface area contributed by atoms with Crippen molar-refractivity contribution >= 4 is 0 Å². The second-order valence-corrected chi connectivity index (χ2v) is 0. The minimum absolute atomic E-state index is 0. The molecular weight excluding hydrogens is 467 g/mol. The summed E-state index contributed by atoms with van der Waals surface area (Å²) in [6.07, 6.45) is 0. The molecule has 0 aromatic carbocycles. The van der Waals surface area contributed by atoms with Gasteiger partial charge in [-0.2, -0.15) is 0 Å². The fraction of sp³-hybridized carbons (Fsp3) is 0. The zero-order valence-corrected chi connectivity index (χ0v) is 10.4. The van der Waals surface area contributed by atoms with Crippen LogP contribution in [-0.2, 0) is 0 Å². The van der Waals surface area contributed by atoms with E-state index in [0.717, 1.165) is 36.1 Å². The second kappa shape index (κ2) is 15.8. The van der Waals surface area contributed by atoms with Crippen LogP contribution < -0.4 is 0 Å². The second-order valence-electron chi connectivity index (χ2n) is 0. The van der Waals surface area contributed by atoms with Crippen molar-refractivity contribution in [3.05, 3.63) is 0 Å². The molecule has 0 amide bonds. The first-order valence-electron chi connectivity index (χ1n) is 0.109. The minimum atomic E-state index is 0. The smallest absolute Gasteiger partial charge is 0 e. The van der Waals surface area contributed by atoms with Crippen LogP contribution in [0.5, 0.6) is 0 Å². The van der Waals surface area contributed by atoms with E-state index in [0.29, 0.717) is 0 Å². The maximum absolute atomic E-state index is 9.42. The number of hydrogen-bond acceptors (Lipinski definition) is 0. The Labute approximate surface area is 117 Å². The summed E-state index contributed by atoms with van der Waals surface area (Å²) in [4.78, 5) is 0. The molecule has 0 aliphatic rings. The van der Waals surface area contributed by atoms with Crippen LogP contribution in [0.1, 0.15) is 0 Å². The van der Waals surface area contributed by atoms with Gasteiger partial charge in [0.15, 0.2) is 0 Å². The molecule has 0 N–H and O–H groups in total. The zero-order valence-electron chi connectivity index (χ0n) is 1.74. The summed E-state index contributed by atoms with van der Waals surface area (Å²) in [5.74, 6) is 0. The van der Waals surface area contributed by atoms with Crippen LogP contribution >= 0.6 is 0 Å². The van der Waals surface area contributed by atoms with Gasteiger partial charge in [-0.3, -0.25) is 0 Å². The molecule has 0 fully saturated rings. The van der Waals surface area contributed by atoms with Gasteiger partial charge in [0.1, 0.15) is 0 Å². The predicted octanol–water partition coefficient (Wildman–Crippen LogP) is 0.420. The summed E-state index contributed by atoms with van der Waals surface area (Å²) < 4.78 is 9.42. The predicted molar refractivity (Wildman–Crippen MR) is 1.11 cm³/mol. The first-order chi connectivity index (χ1) is 1.00. The molecule has 0 heterocycles. The molecule has 26 valence electrons. The molecular formula is CeErFPr. The summed E-state index contributed by atoms with van der Waals surface area (Å²) in [7, 11) is 0. The molecule has 4 heavy (non-hydrogen) atoms. The Morgan fingerprint density at radius 2 is 1.25 bits per heavy atom. The van der Waals surface area contributed by atoms with Crippen LogP contribution in [0.4, 0.5) is 1.41 Å². The van der Waals surface area contributed by atoms with Crippen LogP contribution in [0.2, 0.25) is 0 Å². The molecule has 0 aromatic heterocycles. The Morgan fingerprint density at radius 1 is 1.25 bits per heavy atom. The van der Waals surface area contributed by atoms with Gasteiger partial charge in [-0.1, -0.05) is 0 Å². The van der Waals surface area contributed by atoms with Gasteiger partial charge in [0.05, 0.1) is 0 Å². The molecule has 0 saturated heterocycles. The topological polar surface area (TPSA) is 0 Å². The summed E-state index contributed by atoms with van der Waals surface area (Å²) in [6, 6.07) is 0. The zero-order chi connectivity index (χ0) is 2.00. The Kier molecular flexibility index (Phi) is 61.8. The molecule has 0 aromatic rings. The Hall–Kier alpha value is 3.92. The molecule has 0 rings (SSSR count). The summed E-state index contributed by atoms with van der Waals surface area (Å²) in [5, 5.41) is 0. The van der Waals surface area contributed by atoms with E-state index in [2.05, 4.69) is 0 Å². The van der Waals surface area contributed by atoms with Gasteiger partial charge in [-0.05, 0) is 0 Å². The van der Waals surface area contributed by atoms with Crippen molar-refractivity contribution in [1.29, 1.82) is 0 Å². The Bertz CT molecular complexity index is 8.00. The molecule has 0 spiro atoms. The van der Waals surface area contributed by atoms with E-state index in [9.17, 15) is 1.41 Å². The monoisotopic (exact) mass is 466 g/mol. The maximum Gasteiger partial charge on any atom is 0 e. The fourth-order valence-electron chi connectivity index (χ4n) is 0. The summed E-state index contributed by atoms with van der Waals surface area (Å²) >= 11 is 0.917. The van der Waals surface area contributed by atoms with E-state index in [1.165, 1.54) is 0 Å². The summed E-state index contributed by atoms with van der Waals surface area (Å²) in [6.45, 7) is 0. The van der Waals surface area contributed by atoms with E-state index in [1.54, 1.807) is 0 Å². The molecule has 0 aliphatic heterocycles. The molecule has 0 atom stereocenters. The maximum atomic E-state index is 9.42. The van der Waals surface area contributed by atoms with E-state index < -0.39 is 0 Å². The molecule has 4 heteroatoms. The average molecular weight is 467 g/mol. The van der Waals surface area contributed by atoms with E-state index >= 15 is 0 Å². The normalized spacial score (nSPS) is 1.75. The van der Waals surface area contributed by atoms with Crippen molar-refractivity contribution in [1.82, 2.24) is 0 Å². The van der Waals surface area contributed by atoms with E-state index in [4.69, 9.17) is 0 Å². The van der Waals surface area contributed by atoms with Crippen molar-refractivity contribution in [2.24, 2.45) is 0 Å². The minimum Gasteiger partial charge on any atom is 0 e. The quantitative estimate of drug-likeness (QED) is 0.485. The first-order valence-corrected chi connectivity index (χ1v) is 0.809. The van der Waals surface area contributed by atoms with Gasteiger partial charge in [-0.15, -0.1) is 0 Å². The molecule has 1 radical (unpaired) electrons. The van der Waals surface area contributed by atoms with E-state index in [-0.39, 0.29) is 83.0 Å². The van der Waals surface area contributed by atoms with Gasteiger partial charge in [0.2, 0.25) is 0 Å². The third kappa shape index (κ3) is 9.32. The standard InChI is InChI=1S/Ce.Er.FH.Pr/h;;1H;/q;+1;;/p-1. The average Bonchev–Trinajstić information content (AvgIpc) is 1.00. The number of halogens is 1. The third-order valence-corrected chi connectivity index (χ3v) is 0. The fourth-order valence-corrected chi connectivity index (χ4v) is 0. The van der Waals surface area contributed by atoms with Crippen molar-refractivity contribution in [2.75, 3.05) is 0 Å². The van der Waals surface area contributed by atoms with Crippen LogP contribution in [0.25, 0.3) is 0 Å². The van der Waals surface area contributed by atoms with Gasteiger partial charge in [0, 0.05) is 83.0 Å². The van der Waals surface area contributed by atoms with Crippen molar-refractivity contribution in [3.63, 3.8) is 0 Å². The van der Waals surface area contributed by atoms with Crippen LogP contribution in [0, 0.1) is 119 Å². The van der Waals surface area contributed by atoms with Gasteiger partial charge in [-0.25, -0.2) is 0 Å². The molecule has 0 aliphatic carbocycles. The Balaban J connectivity index is -0.00000000500. The van der Waals surface area contributed by atoms with Crippen molar-refractivity contribution in [3.8, 4) is 0 Å². The molecule has 0 nitrogen and oxygen atoms in total. The van der Waals surface area contributed by atoms with Crippen LogP contribution in [-0.4, -0.2) is 0 Å². The molecule has 0 saturated carbocycles. The largest absolute Gasteiger partial charge is 0 e. The number of rotatable bonds is 0. The summed E-state index contributed by atoms with van der Waals surface area (Å²) in [5.41, 5.74) is 0. The van der Waals surface area contributed by atoms with E-state index in [1.807, 2.05) is 0 Å². The number of hydrogen-bond donors (Lipinski definition) is 0. The molecule has 0 bridgehead atoms. The first kappa shape index (κ1) is 15.7. The van der Waals surface area contributed by atoms with Gasteiger partial charge >= 0.3 is 37.6 Å².